The Hall–Kier alpha value is -0.640. The molecule has 12 heavy (non-hydrogen) atoms. The number of anilines is 1. The van der Waals surface area contributed by atoms with Gasteiger partial charge in [-0.15, -0.1) is 0 Å². The molecular weight excluding hydrogens is 223 g/mol. The highest BCUT2D eigenvalue weighted by molar-refractivity contribution is 9.10. The van der Waals surface area contributed by atoms with Crippen molar-refractivity contribution in [2.24, 2.45) is 0 Å². The first-order chi connectivity index (χ1) is 5.74. The largest absolute Gasteiger partial charge is 0.367 e. The van der Waals surface area contributed by atoms with Crippen LogP contribution in [0, 0.1) is 6.92 Å². The number of aryl methyl sites for hydroxylation is 1. The average molecular weight is 233 g/mol. The van der Waals surface area contributed by atoms with Gasteiger partial charge >= 0.3 is 0 Å². The number of pyridine rings is 1. The molecule has 66 valence electrons. The van der Waals surface area contributed by atoms with E-state index in [2.05, 4.69) is 26.2 Å². The molecular formula is C8H10BrFN2. The van der Waals surface area contributed by atoms with Gasteiger partial charge in [-0.2, -0.15) is 0 Å². The monoisotopic (exact) mass is 232 g/mol. The standard InChI is InChI=1S/C8H10BrFN2/c1-6-4-7(9)8(12-5-6)11-3-2-10/h4-5H,2-3H2,1H3,(H,11,12). The highest BCUT2D eigenvalue weighted by atomic mass is 79.9. The van der Waals surface area contributed by atoms with E-state index in [0.717, 1.165) is 10.0 Å². The van der Waals surface area contributed by atoms with Crippen LogP contribution in [0.25, 0.3) is 0 Å². The van der Waals surface area contributed by atoms with Crippen LogP contribution in [-0.2, 0) is 0 Å². The highest BCUT2D eigenvalue weighted by Gasteiger charge is 1.99. The van der Waals surface area contributed by atoms with Gasteiger partial charge in [-0.1, -0.05) is 0 Å². The average Bonchev–Trinajstić information content (AvgIpc) is 2.03. The van der Waals surface area contributed by atoms with Crippen LogP contribution in [0.4, 0.5) is 10.2 Å². The molecule has 0 amide bonds. The number of hydrogen-bond donors (Lipinski definition) is 1. The Bertz CT molecular complexity index is 265. The van der Waals surface area contributed by atoms with Gasteiger partial charge in [0.05, 0.1) is 4.47 Å². The molecule has 0 unspecified atom stereocenters. The number of hydrogen-bond acceptors (Lipinski definition) is 2. The first-order valence-electron chi connectivity index (χ1n) is 3.66. The summed E-state index contributed by atoms with van der Waals surface area (Å²) < 4.78 is 12.7. The second-order valence-corrected chi connectivity index (χ2v) is 3.31. The number of nitrogens with zero attached hydrogens (tertiary/aromatic N) is 1. The SMILES string of the molecule is Cc1cnc(NCCF)c(Br)c1. The van der Waals surface area contributed by atoms with Gasteiger partial charge in [0.15, 0.2) is 0 Å². The molecule has 0 spiro atoms. The second-order valence-electron chi connectivity index (χ2n) is 2.46. The van der Waals surface area contributed by atoms with Crippen LogP contribution in [0.1, 0.15) is 5.56 Å². The maximum absolute atomic E-state index is 11.8. The van der Waals surface area contributed by atoms with Crippen molar-refractivity contribution in [3.05, 3.63) is 22.3 Å². The summed E-state index contributed by atoms with van der Waals surface area (Å²) in [7, 11) is 0. The lowest BCUT2D eigenvalue weighted by Gasteiger charge is -2.05. The molecule has 0 bridgehead atoms. The molecule has 0 atom stereocenters. The van der Waals surface area contributed by atoms with Crippen LogP contribution < -0.4 is 5.32 Å². The second kappa shape index (κ2) is 4.40. The van der Waals surface area contributed by atoms with E-state index >= 15 is 0 Å². The molecule has 0 aliphatic carbocycles. The van der Waals surface area contributed by atoms with Gasteiger partial charge in [0.1, 0.15) is 12.5 Å². The normalized spacial score (nSPS) is 9.92. The van der Waals surface area contributed by atoms with Crippen molar-refractivity contribution in [2.45, 2.75) is 6.92 Å². The Morgan fingerprint density at radius 1 is 1.67 bits per heavy atom. The Kier molecular flexibility index (Phi) is 3.47. The zero-order valence-electron chi connectivity index (χ0n) is 6.77. The predicted molar refractivity (Wildman–Crippen MR) is 51.1 cm³/mol. The minimum atomic E-state index is -0.387. The van der Waals surface area contributed by atoms with E-state index in [-0.39, 0.29) is 6.67 Å². The maximum atomic E-state index is 11.8. The third-order valence-electron chi connectivity index (χ3n) is 1.36. The van der Waals surface area contributed by atoms with Crippen molar-refractivity contribution < 1.29 is 4.39 Å². The predicted octanol–water partition coefficient (Wildman–Crippen LogP) is 2.53. The minimum absolute atomic E-state index is 0.300. The van der Waals surface area contributed by atoms with Crippen molar-refractivity contribution >= 4 is 21.7 Å². The van der Waals surface area contributed by atoms with Crippen molar-refractivity contribution in [3.63, 3.8) is 0 Å². The van der Waals surface area contributed by atoms with E-state index in [1.807, 2.05) is 13.0 Å². The third-order valence-corrected chi connectivity index (χ3v) is 1.97. The molecule has 0 aromatic carbocycles. The van der Waals surface area contributed by atoms with E-state index in [0.29, 0.717) is 12.4 Å². The zero-order chi connectivity index (χ0) is 8.97. The summed E-state index contributed by atoms with van der Waals surface area (Å²) in [4.78, 5) is 4.09. The summed E-state index contributed by atoms with van der Waals surface area (Å²) in [6.07, 6.45) is 1.74. The van der Waals surface area contributed by atoms with E-state index in [1.54, 1.807) is 6.20 Å². The Morgan fingerprint density at radius 3 is 3.00 bits per heavy atom. The molecule has 2 nitrogen and oxygen atoms in total. The number of nitrogens with one attached hydrogen (secondary N) is 1. The molecule has 0 saturated carbocycles. The molecule has 0 saturated heterocycles. The summed E-state index contributed by atoms with van der Waals surface area (Å²) in [5, 5.41) is 2.86. The molecule has 0 aliphatic heterocycles. The fourth-order valence-electron chi connectivity index (χ4n) is 0.829. The maximum Gasteiger partial charge on any atom is 0.140 e. The number of alkyl halides is 1. The highest BCUT2D eigenvalue weighted by Crippen LogP contribution is 2.19. The van der Waals surface area contributed by atoms with Gasteiger partial charge in [-0.3, -0.25) is 0 Å². The fourth-order valence-corrected chi connectivity index (χ4v) is 1.43. The van der Waals surface area contributed by atoms with Crippen molar-refractivity contribution in [1.82, 2.24) is 4.98 Å². The molecule has 0 fully saturated rings. The minimum Gasteiger partial charge on any atom is -0.367 e. The van der Waals surface area contributed by atoms with Crippen LogP contribution in [0.5, 0.6) is 0 Å². The first kappa shape index (κ1) is 9.45. The molecule has 1 N–H and O–H groups in total. The molecule has 1 aromatic heterocycles. The van der Waals surface area contributed by atoms with Gasteiger partial charge in [0, 0.05) is 12.7 Å². The van der Waals surface area contributed by atoms with E-state index in [9.17, 15) is 4.39 Å². The van der Waals surface area contributed by atoms with E-state index in [4.69, 9.17) is 0 Å². The Balaban J connectivity index is 2.72. The lowest BCUT2D eigenvalue weighted by Crippen LogP contribution is -2.05. The van der Waals surface area contributed by atoms with Gasteiger partial charge in [-0.25, -0.2) is 9.37 Å². The zero-order valence-corrected chi connectivity index (χ0v) is 8.36. The molecule has 1 rings (SSSR count). The number of rotatable bonds is 3. The van der Waals surface area contributed by atoms with E-state index in [1.165, 1.54) is 0 Å². The van der Waals surface area contributed by atoms with Crippen molar-refractivity contribution in [3.8, 4) is 0 Å². The van der Waals surface area contributed by atoms with Crippen LogP contribution >= 0.6 is 15.9 Å². The van der Waals surface area contributed by atoms with E-state index < -0.39 is 0 Å². The van der Waals surface area contributed by atoms with Crippen molar-refractivity contribution in [1.29, 1.82) is 0 Å². The molecule has 1 aromatic rings. The van der Waals surface area contributed by atoms with Gasteiger partial charge in [0.25, 0.3) is 0 Å². The summed E-state index contributed by atoms with van der Waals surface area (Å²) in [6.45, 7) is 1.87. The lowest BCUT2D eigenvalue weighted by molar-refractivity contribution is 0.512. The molecule has 0 aliphatic rings. The summed E-state index contributed by atoms with van der Waals surface area (Å²) in [5.74, 6) is 0.693. The number of aromatic nitrogens is 1. The van der Waals surface area contributed by atoms with Gasteiger partial charge in [-0.05, 0) is 34.5 Å². The van der Waals surface area contributed by atoms with Gasteiger partial charge < -0.3 is 5.32 Å². The summed E-state index contributed by atoms with van der Waals surface area (Å²) in [5.41, 5.74) is 1.08. The molecule has 4 heteroatoms. The Morgan fingerprint density at radius 2 is 2.42 bits per heavy atom. The fraction of sp³-hybridized carbons (Fsp3) is 0.375. The lowest BCUT2D eigenvalue weighted by atomic mass is 10.3. The first-order valence-corrected chi connectivity index (χ1v) is 4.45. The van der Waals surface area contributed by atoms with Crippen LogP contribution in [0.3, 0.4) is 0 Å². The van der Waals surface area contributed by atoms with Crippen LogP contribution in [-0.4, -0.2) is 18.2 Å². The Labute approximate surface area is 79.3 Å². The van der Waals surface area contributed by atoms with Crippen LogP contribution in [0.2, 0.25) is 0 Å². The van der Waals surface area contributed by atoms with Crippen molar-refractivity contribution in [2.75, 3.05) is 18.5 Å². The third kappa shape index (κ3) is 2.44. The summed E-state index contributed by atoms with van der Waals surface area (Å²) >= 11 is 3.33. The molecule has 0 radical (unpaired) electrons. The number of halogens is 2. The van der Waals surface area contributed by atoms with Crippen LogP contribution in [0.15, 0.2) is 16.7 Å². The quantitative estimate of drug-likeness (QED) is 0.867. The summed E-state index contributed by atoms with van der Waals surface area (Å²) in [6, 6.07) is 1.94. The smallest absolute Gasteiger partial charge is 0.140 e. The topological polar surface area (TPSA) is 24.9 Å². The molecule has 1 heterocycles. The van der Waals surface area contributed by atoms with Gasteiger partial charge in [0.2, 0.25) is 0 Å².